The summed E-state index contributed by atoms with van der Waals surface area (Å²) < 4.78 is 0. The van der Waals surface area contributed by atoms with Crippen LogP contribution >= 0.6 is 29.1 Å². The first-order chi connectivity index (χ1) is 1.73. The molecule has 0 aromatic carbocycles. The second-order valence-corrected chi connectivity index (χ2v) is 7.61. The van der Waals surface area contributed by atoms with E-state index >= 15 is 0 Å². The van der Waals surface area contributed by atoms with E-state index in [0.29, 0.717) is 0 Å². The Kier molecular flexibility index (Phi) is 15.7. The molecular weight excluding hydrogens is 248 g/mol. The Bertz CT molecular complexity index is 11.6. The van der Waals surface area contributed by atoms with Gasteiger partial charge in [-0.3, -0.25) is 0 Å². The molecule has 0 nitrogen and oxygen atoms in total. The van der Waals surface area contributed by atoms with Crippen LogP contribution in [0.4, 0.5) is 0 Å². The summed E-state index contributed by atoms with van der Waals surface area (Å²) in [5.41, 5.74) is 0. The fourth-order valence-electron chi connectivity index (χ4n) is 0. The minimum atomic E-state index is -1.66. The van der Waals surface area contributed by atoms with Gasteiger partial charge >= 0.3 is 42.1 Å². The number of hydrogen-bond donors (Lipinski definition) is 0. The zero-order valence-electron chi connectivity index (χ0n) is 2.47. The summed E-state index contributed by atoms with van der Waals surface area (Å²) >= 11 is -1.66. The van der Waals surface area contributed by atoms with Crippen LogP contribution in [-0.2, 0) is 13.0 Å². The largest absolute Gasteiger partial charge is 0 e. The van der Waals surface area contributed by atoms with E-state index in [0.717, 1.165) is 0 Å². The predicted molar refractivity (Wildman–Crippen MR) is 23.3 cm³/mol. The van der Waals surface area contributed by atoms with Crippen molar-refractivity contribution in [2.24, 2.45) is 0 Å². The summed E-state index contributed by atoms with van der Waals surface area (Å²) in [7, 11) is 14.8. The maximum atomic E-state index is 4.94. The monoisotopic (exact) mass is 247 g/mol. The van der Waals surface area contributed by atoms with E-state index in [1.165, 1.54) is 0 Å². The fourth-order valence-corrected chi connectivity index (χ4v) is 0. The van der Waals surface area contributed by atoms with Crippen LogP contribution in [0.5, 0.6) is 0 Å². The smallest absolute Gasteiger partial charge is 0 e. The van der Waals surface area contributed by atoms with Crippen LogP contribution in [0.2, 0.25) is 0 Å². The molecule has 0 aliphatic rings. The Morgan fingerprint density at radius 2 is 1.00 bits per heavy atom. The van der Waals surface area contributed by atoms with E-state index in [-0.39, 0.29) is 51.4 Å². The molecule has 5 heavy (non-hydrogen) atoms. The van der Waals surface area contributed by atoms with E-state index in [1.54, 1.807) is 0 Å². The van der Waals surface area contributed by atoms with Gasteiger partial charge in [0.2, 0.25) is 0 Å². The van der Waals surface area contributed by atoms with Crippen molar-refractivity contribution in [1.29, 1.82) is 0 Å². The van der Waals surface area contributed by atoms with Crippen LogP contribution in [0.15, 0.2) is 0 Å². The van der Waals surface area contributed by atoms with Gasteiger partial charge in [-0.05, 0) is 0 Å². The number of hydrogen-bond acceptors (Lipinski definition) is 0. The third kappa shape index (κ3) is 19.2. The van der Waals surface area contributed by atoms with Crippen molar-refractivity contribution in [3.63, 3.8) is 0 Å². The molecule has 0 saturated heterocycles. The van der Waals surface area contributed by atoms with Crippen LogP contribution in [0.25, 0.3) is 0 Å². The molecule has 0 aliphatic heterocycles. The maximum absolute atomic E-state index is 4.94. The SMILES string of the molecule is [Cl][Rh]([Cl])[Cl].[K]. The molecule has 31 valence electrons. The minimum absolute atomic E-state index is 0. The molecule has 0 N–H and O–H groups in total. The van der Waals surface area contributed by atoms with Crippen molar-refractivity contribution in [3.05, 3.63) is 0 Å². The topological polar surface area (TPSA) is 0 Å². The fraction of sp³-hybridized carbons (Fsp3) is 0. The zero-order valence-corrected chi connectivity index (χ0v) is 9.50. The van der Waals surface area contributed by atoms with Crippen LogP contribution in [0.3, 0.4) is 0 Å². The van der Waals surface area contributed by atoms with Gasteiger partial charge in [0.05, 0.1) is 0 Å². The molecule has 0 heterocycles. The molecule has 0 saturated carbocycles. The summed E-state index contributed by atoms with van der Waals surface area (Å²) in [6.45, 7) is 0. The average molecular weight is 248 g/mol. The normalized spacial score (nSPS) is 9.00. The standard InChI is InChI=1S/3ClH.K.Rh/h3*1H;;/q;;;;+3/p-3. The molecule has 0 amide bonds. The van der Waals surface area contributed by atoms with E-state index in [1.807, 2.05) is 0 Å². The minimum Gasteiger partial charge on any atom is 0 e. The summed E-state index contributed by atoms with van der Waals surface area (Å²) in [6, 6.07) is 0. The van der Waals surface area contributed by atoms with Gasteiger partial charge < -0.3 is 0 Å². The molecule has 0 fully saturated rings. The van der Waals surface area contributed by atoms with Crippen molar-refractivity contribution in [3.8, 4) is 0 Å². The zero-order chi connectivity index (χ0) is 3.58. The molecular formula is Cl3KRh. The third-order valence-electron chi connectivity index (χ3n) is 0. The van der Waals surface area contributed by atoms with E-state index in [4.69, 9.17) is 29.1 Å². The molecule has 0 aliphatic carbocycles. The third-order valence-corrected chi connectivity index (χ3v) is 0. The van der Waals surface area contributed by atoms with Crippen molar-refractivity contribution < 1.29 is 13.0 Å². The first-order valence-electron chi connectivity index (χ1n) is 0.378. The van der Waals surface area contributed by atoms with Gasteiger partial charge in [-0.1, -0.05) is 0 Å². The second-order valence-electron chi connectivity index (χ2n) is 0.143. The van der Waals surface area contributed by atoms with Crippen LogP contribution < -0.4 is 0 Å². The van der Waals surface area contributed by atoms with Crippen LogP contribution in [0, 0.1) is 0 Å². The van der Waals surface area contributed by atoms with E-state index < -0.39 is 13.0 Å². The van der Waals surface area contributed by atoms with Crippen LogP contribution in [-0.4, -0.2) is 51.4 Å². The Morgan fingerprint density at radius 1 is 1.00 bits per heavy atom. The molecule has 1 radical (unpaired) electrons. The maximum Gasteiger partial charge on any atom is 0 e. The predicted octanol–water partition coefficient (Wildman–Crippen LogP) is 1.69. The Labute approximate surface area is 91.0 Å². The summed E-state index contributed by atoms with van der Waals surface area (Å²) in [5, 5.41) is 0. The molecule has 0 unspecified atom stereocenters. The van der Waals surface area contributed by atoms with Crippen molar-refractivity contribution in [2.75, 3.05) is 0 Å². The molecule has 0 bridgehead atoms. The molecule has 0 spiro atoms. The first kappa shape index (κ1) is 11.0. The Balaban J connectivity index is 0. The molecule has 5 heteroatoms. The van der Waals surface area contributed by atoms with Gasteiger partial charge in [-0.15, -0.1) is 0 Å². The van der Waals surface area contributed by atoms with Gasteiger partial charge in [0.15, 0.2) is 0 Å². The Morgan fingerprint density at radius 3 is 1.00 bits per heavy atom. The van der Waals surface area contributed by atoms with Gasteiger partial charge in [0.1, 0.15) is 0 Å². The molecule has 0 atom stereocenters. The van der Waals surface area contributed by atoms with Crippen LogP contribution in [0.1, 0.15) is 0 Å². The van der Waals surface area contributed by atoms with Crippen molar-refractivity contribution in [1.82, 2.24) is 0 Å². The molecule has 0 aromatic rings. The number of halogens is 3. The summed E-state index contributed by atoms with van der Waals surface area (Å²) in [5.74, 6) is 0. The quantitative estimate of drug-likeness (QED) is 0.572. The van der Waals surface area contributed by atoms with E-state index in [2.05, 4.69) is 0 Å². The average Bonchev–Trinajstić information content (AvgIpc) is 0.811. The summed E-state index contributed by atoms with van der Waals surface area (Å²) in [4.78, 5) is 0. The molecule has 0 aromatic heterocycles. The van der Waals surface area contributed by atoms with Crippen molar-refractivity contribution >= 4 is 80.5 Å². The van der Waals surface area contributed by atoms with Crippen molar-refractivity contribution in [2.45, 2.75) is 0 Å². The van der Waals surface area contributed by atoms with E-state index in [9.17, 15) is 0 Å². The first-order valence-corrected chi connectivity index (χ1v) is 6.71. The number of rotatable bonds is 0. The summed E-state index contributed by atoms with van der Waals surface area (Å²) in [6.07, 6.45) is 0. The van der Waals surface area contributed by atoms with Gasteiger partial charge in [0.25, 0.3) is 0 Å². The Hall–Kier alpha value is 3.13. The van der Waals surface area contributed by atoms with Gasteiger partial charge in [0, 0.05) is 51.4 Å². The second kappa shape index (κ2) is 7.13. The molecule has 0 rings (SSSR count). The van der Waals surface area contributed by atoms with Gasteiger partial charge in [-0.25, -0.2) is 0 Å². The van der Waals surface area contributed by atoms with Gasteiger partial charge in [-0.2, -0.15) is 0 Å².